The molecule has 0 saturated heterocycles. The Labute approximate surface area is 108 Å². The highest BCUT2D eigenvalue weighted by Gasteiger charge is 2.16. The van der Waals surface area contributed by atoms with Crippen LogP contribution < -0.4 is 10.1 Å². The van der Waals surface area contributed by atoms with Gasteiger partial charge in [0.1, 0.15) is 18.4 Å². The summed E-state index contributed by atoms with van der Waals surface area (Å²) in [6, 6.07) is 7.09. The van der Waals surface area contributed by atoms with Gasteiger partial charge in [0.2, 0.25) is 0 Å². The summed E-state index contributed by atoms with van der Waals surface area (Å²) in [5.41, 5.74) is 1.24. The van der Waals surface area contributed by atoms with E-state index in [1.54, 1.807) is 0 Å². The molecule has 0 aromatic heterocycles. The summed E-state index contributed by atoms with van der Waals surface area (Å²) in [5.74, 6) is 0.284. The minimum Gasteiger partial charge on any atom is -0.491 e. The molecule has 0 aliphatic rings. The zero-order valence-corrected chi connectivity index (χ0v) is 11.1. The van der Waals surface area contributed by atoms with E-state index in [4.69, 9.17) is 9.84 Å². The van der Waals surface area contributed by atoms with Gasteiger partial charge in [0.25, 0.3) is 0 Å². The number of hydrogen-bond acceptors (Lipinski definition) is 3. The standard InChI is InChI=1S/C14H21NO3/c1-4-15-13(14(16)17)9-18-12-7-5-11(6-8-12)10(2)3/h5-8,10,13,15H,4,9H2,1-3H3,(H,16,17). The molecule has 0 aliphatic heterocycles. The van der Waals surface area contributed by atoms with Crippen LogP contribution in [0.3, 0.4) is 0 Å². The monoisotopic (exact) mass is 251 g/mol. The first kappa shape index (κ1) is 14.5. The molecule has 1 aromatic rings. The van der Waals surface area contributed by atoms with Crippen LogP contribution in [-0.4, -0.2) is 30.3 Å². The molecule has 1 unspecified atom stereocenters. The number of hydrogen-bond donors (Lipinski definition) is 2. The minimum absolute atomic E-state index is 0.129. The summed E-state index contributed by atoms with van der Waals surface area (Å²) in [4.78, 5) is 10.9. The number of rotatable bonds is 7. The van der Waals surface area contributed by atoms with Gasteiger partial charge in [-0.25, -0.2) is 0 Å². The lowest BCUT2D eigenvalue weighted by atomic mass is 10.0. The van der Waals surface area contributed by atoms with Crippen molar-refractivity contribution in [1.82, 2.24) is 5.32 Å². The van der Waals surface area contributed by atoms with Crippen LogP contribution in [0.2, 0.25) is 0 Å². The van der Waals surface area contributed by atoms with Crippen LogP contribution >= 0.6 is 0 Å². The predicted molar refractivity (Wildman–Crippen MR) is 71.1 cm³/mol. The van der Waals surface area contributed by atoms with Gasteiger partial charge < -0.3 is 15.2 Å². The Bertz CT molecular complexity index is 373. The Balaban J connectivity index is 2.54. The van der Waals surface area contributed by atoms with Crippen LogP contribution in [0.1, 0.15) is 32.3 Å². The smallest absolute Gasteiger partial charge is 0.324 e. The molecule has 0 spiro atoms. The van der Waals surface area contributed by atoms with E-state index in [1.807, 2.05) is 31.2 Å². The Morgan fingerprint density at radius 2 is 1.94 bits per heavy atom. The van der Waals surface area contributed by atoms with Crippen LogP contribution in [0, 0.1) is 0 Å². The number of carboxylic acid groups (broad SMARTS) is 1. The van der Waals surface area contributed by atoms with Gasteiger partial charge in [-0.15, -0.1) is 0 Å². The molecule has 0 bridgehead atoms. The molecule has 1 aromatic carbocycles. The second-order valence-corrected chi connectivity index (χ2v) is 4.48. The minimum atomic E-state index is -0.893. The Morgan fingerprint density at radius 3 is 2.39 bits per heavy atom. The molecule has 18 heavy (non-hydrogen) atoms. The number of carboxylic acids is 1. The number of ether oxygens (including phenoxy) is 1. The van der Waals surface area contributed by atoms with Crippen LogP contribution in [0.4, 0.5) is 0 Å². The van der Waals surface area contributed by atoms with E-state index in [0.717, 1.165) is 0 Å². The first-order chi connectivity index (χ1) is 8.54. The van der Waals surface area contributed by atoms with Gasteiger partial charge in [0.15, 0.2) is 0 Å². The van der Waals surface area contributed by atoms with Crippen molar-refractivity contribution in [2.75, 3.05) is 13.2 Å². The molecule has 2 N–H and O–H groups in total. The largest absolute Gasteiger partial charge is 0.491 e. The van der Waals surface area contributed by atoms with E-state index >= 15 is 0 Å². The summed E-state index contributed by atoms with van der Waals surface area (Å²) < 4.78 is 5.47. The van der Waals surface area contributed by atoms with Gasteiger partial charge in [-0.05, 0) is 30.2 Å². The topological polar surface area (TPSA) is 58.6 Å². The molecular formula is C14H21NO3. The maximum Gasteiger partial charge on any atom is 0.324 e. The third-order valence-electron chi connectivity index (χ3n) is 2.71. The van der Waals surface area contributed by atoms with Crippen molar-refractivity contribution in [2.45, 2.75) is 32.7 Å². The van der Waals surface area contributed by atoms with E-state index in [-0.39, 0.29) is 6.61 Å². The molecule has 0 fully saturated rings. The zero-order chi connectivity index (χ0) is 13.5. The summed E-state index contributed by atoms with van der Waals surface area (Å²) in [5, 5.41) is 11.8. The van der Waals surface area contributed by atoms with E-state index in [2.05, 4.69) is 19.2 Å². The number of benzene rings is 1. The van der Waals surface area contributed by atoms with Crippen molar-refractivity contribution in [2.24, 2.45) is 0 Å². The van der Waals surface area contributed by atoms with Crippen LogP contribution in [-0.2, 0) is 4.79 Å². The van der Waals surface area contributed by atoms with Gasteiger partial charge in [0, 0.05) is 0 Å². The molecule has 100 valence electrons. The van der Waals surface area contributed by atoms with Crippen molar-refractivity contribution in [1.29, 1.82) is 0 Å². The van der Waals surface area contributed by atoms with Gasteiger partial charge in [0.05, 0.1) is 0 Å². The quantitative estimate of drug-likeness (QED) is 0.780. The number of likely N-dealkylation sites (N-methyl/N-ethyl adjacent to an activating group) is 1. The second-order valence-electron chi connectivity index (χ2n) is 4.48. The molecule has 0 aliphatic carbocycles. The molecule has 0 heterocycles. The summed E-state index contributed by atoms with van der Waals surface area (Å²) >= 11 is 0. The number of aliphatic carboxylic acids is 1. The lowest BCUT2D eigenvalue weighted by molar-refractivity contribution is -0.140. The second kappa shape index (κ2) is 7.01. The van der Waals surface area contributed by atoms with Gasteiger partial charge >= 0.3 is 5.97 Å². The maximum absolute atomic E-state index is 10.9. The molecule has 0 radical (unpaired) electrons. The highest BCUT2D eigenvalue weighted by atomic mass is 16.5. The van der Waals surface area contributed by atoms with Crippen LogP contribution in [0.15, 0.2) is 24.3 Å². The SMILES string of the molecule is CCNC(COc1ccc(C(C)C)cc1)C(=O)O. The molecule has 1 rings (SSSR count). The van der Waals surface area contributed by atoms with Gasteiger partial charge in [-0.3, -0.25) is 4.79 Å². The van der Waals surface area contributed by atoms with Crippen molar-refractivity contribution < 1.29 is 14.6 Å². The Hall–Kier alpha value is -1.55. The summed E-state index contributed by atoms with van der Waals surface area (Å²) in [7, 11) is 0. The first-order valence-electron chi connectivity index (χ1n) is 6.23. The fraction of sp³-hybridized carbons (Fsp3) is 0.500. The lowest BCUT2D eigenvalue weighted by Crippen LogP contribution is -2.41. The van der Waals surface area contributed by atoms with Crippen molar-refractivity contribution in [3.63, 3.8) is 0 Å². The molecular weight excluding hydrogens is 230 g/mol. The third kappa shape index (κ3) is 4.37. The number of nitrogens with one attached hydrogen (secondary N) is 1. The fourth-order valence-corrected chi connectivity index (χ4v) is 1.59. The Morgan fingerprint density at radius 1 is 1.33 bits per heavy atom. The average Bonchev–Trinajstić information content (AvgIpc) is 2.34. The molecule has 1 atom stereocenters. The van der Waals surface area contributed by atoms with E-state index in [9.17, 15) is 4.79 Å². The van der Waals surface area contributed by atoms with Crippen molar-refractivity contribution >= 4 is 5.97 Å². The van der Waals surface area contributed by atoms with Crippen molar-refractivity contribution in [3.05, 3.63) is 29.8 Å². The lowest BCUT2D eigenvalue weighted by Gasteiger charge is -2.14. The van der Waals surface area contributed by atoms with Gasteiger partial charge in [-0.2, -0.15) is 0 Å². The Kier molecular flexibility index (Phi) is 5.65. The highest BCUT2D eigenvalue weighted by molar-refractivity contribution is 5.73. The van der Waals surface area contributed by atoms with Gasteiger partial charge in [-0.1, -0.05) is 32.9 Å². The van der Waals surface area contributed by atoms with Crippen LogP contribution in [0.5, 0.6) is 5.75 Å². The fourth-order valence-electron chi connectivity index (χ4n) is 1.59. The van der Waals surface area contributed by atoms with E-state index < -0.39 is 12.0 Å². The predicted octanol–water partition coefficient (Wildman–Crippen LogP) is 2.25. The first-order valence-corrected chi connectivity index (χ1v) is 6.23. The van der Waals surface area contributed by atoms with E-state index in [1.165, 1.54) is 5.56 Å². The molecule has 4 heteroatoms. The average molecular weight is 251 g/mol. The molecule has 4 nitrogen and oxygen atoms in total. The summed E-state index contributed by atoms with van der Waals surface area (Å²) in [6.45, 7) is 6.85. The maximum atomic E-state index is 10.9. The highest BCUT2D eigenvalue weighted by Crippen LogP contribution is 2.18. The third-order valence-corrected chi connectivity index (χ3v) is 2.71. The van der Waals surface area contributed by atoms with Crippen molar-refractivity contribution in [3.8, 4) is 5.75 Å². The summed E-state index contributed by atoms with van der Waals surface area (Å²) in [6.07, 6.45) is 0. The van der Waals surface area contributed by atoms with E-state index in [0.29, 0.717) is 18.2 Å². The van der Waals surface area contributed by atoms with Crippen LogP contribution in [0.25, 0.3) is 0 Å². The number of carbonyl (C=O) groups is 1. The zero-order valence-electron chi connectivity index (χ0n) is 11.1. The molecule has 0 saturated carbocycles. The normalized spacial score (nSPS) is 12.4. The molecule has 0 amide bonds.